The van der Waals surface area contributed by atoms with Gasteiger partial charge in [0.2, 0.25) is 0 Å². The van der Waals surface area contributed by atoms with Crippen LogP contribution in [0.1, 0.15) is 33.6 Å². The molecule has 78 valence electrons. The second-order valence-corrected chi connectivity index (χ2v) is 4.80. The van der Waals surface area contributed by atoms with Crippen molar-refractivity contribution >= 4 is 0 Å². The smallest absolute Gasteiger partial charge is 0.0594 e. The second-order valence-electron chi connectivity index (χ2n) is 4.80. The maximum atomic E-state index is 5.33. The molecule has 2 nitrogen and oxygen atoms in total. The molecule has 0 saturated carbocycles. The zero-order chi connectivity index (χ0) is 9.73. The molecule has 13 heavy (non-hydrogen) atoms. The fourth-order valence-electron chi connectivity index (χ4n) is 2.12. The maximum absolute atomic E-state index is 5.33. The Morgan fingerprint density at radius 2 is 1.85 bits per heavy atom. The lowest BCUT2D eigenvalue weighted by atomic mass is 9.87. The third-order valence-corrected chi connectivity index (χ3v) is 2.68. The number of hydrogen-bond donors (Lipinski definition) is 0. The minimum Gasteiger partial charge on any atom is -0.379 e. The van der Waals surface area contributed by atoms with Gasteiger partial charge in [-0.2, -0.15) is 0 Å². The fraction of sp³-hybridized carbons (Fsp3) is 1.00. The highest BCUT2D eigenvalue weighted by Crippen LogP contribution is 2.23. The zero-order valence-corrected chi connectivity index (χ0v) is 9.31. The van der Waals surface area contributed by atoms with E-state index < -0.39 is 0 Å². The first-order valence-corrected chi connectivity index (χ1v) is 5.44. The largest absolute Gasteiger partial charge is 0.379 e. The average molecular weight is 185 g/mol. The summed E-state index contributed by atoms with van der Waals surface area (Å²) in [6.45, 7) is 12.3. The van der Waals surface area contributed by atoms with Crippen molar-refractivity contribution in [1.82, 2.24) is 4.90 Å². The van der Waals surface area contributed by atoms with Gasteiger partial charge in [-0.25, -0.2) is 0 Å². The highest BCUT2D eigenvalue weighted by Gasteiger charge is 2.21. The third-order valence-electron chi connectivity index (χ3n) is 2.68. The molecule has 0 spiro atoms. The van der Waals surface area contributed by atoms with Gasteiger partial charge in [-0.05, 0) is 11.8 Å². The molecule has 0 N–H and O–H groups in total. The van der Waals surface area contributed by atoms with Crippen molar-refractivity contribution in [3.05, 3.63) is 0 Å². The molecule has 0 atom stereocenters. The number of morpholine rings is 1. The Balaban J connectivity index is 2.28. The van der Waals surface area contributed by atoms with Gasteiger partial charge in [0, 0.05) is 19.6 Å². The average Bonchev–Trinajstić information content (AvgIpc) is 2.04. The molecular formula is C11H23NO. The van der Waals surface area contributed by atoms with Crippen molar-refractivity contribution in [1.29, 1.82) is 0 Å². The molecule has 1 fully saturated rings. The molecule has 1 heterocycles. The lowest BCUT2D eigenvalue weighted by molar-refractivity contribution is 0.0199. The molecule has 0 aliphatic carbocycles. The van der Waals surface area contributed by atoms with Crippen LogP contribution in [0.15, 0.2) is 0 Å². The Labute approximate surface area is 82.3 Å². The van der Waals surface area contributed by atoms with Crippen LogP contribution in [-0.4, -0.2) is 37.7 Å². The van der Waals surface area contributed by atoms with Crippen molar-refractivity contribution in [2.24, 2.45) is 5.41 Å². The molecule has 1 rings (SSSR count). The predicted molar refractivity (Wildman–Crippen MR) is 55.9 cm³/mol. The van der Waals surface area contributed by atoms with Crippen LogP contribution in [0.25, 0.3) is 0 Å². The van der Waals surface area contributed by atoms with Crippen LogP contribution in [0.5, 0.6) is 0 Å². The van der Waals surface area contributed by atoms with E-state index in [0.29, 0.717) is 5.41 Å². The van der Waals surface area contributed by atoms with E-state index in [1.165, 1.54) is 19.4 Å². The second kappa shape index (κ2) is 4.97. The van der Waals surface area contributed by atoms with Gasteiger partial charge in [-0.15, -0.1) is 0 Å². The van der Waals surface area contributed by atoms with Crippen LogP contribution in [0.2, 0.25) is 0 Å². The molecule has 0 bridgehead atoms. The van der Waals surface area contributed by atoms with Crippen molar-refractivity contribution in [3.8, 4) is 0 Å². The SMILES string of the molecule is CCCC(C)(C)CN1CCOCC1. The summed E-state index contributed by atoms with van der Waals surface area (Å²) >= 11 is 0. The van der Waals surface area contributed by atoms with Crippen molar-refractivity contribution < 1.29 is 4.74 Å². The quantitative estimate of drug-likeness (QED) is 0.665. The normalized spacial score (nSPS) is 20.5. The maximum Gasteiger partial charge on any atom is 0.0594 e. The number of ether oxygens (including phenoxy) is 1. The lowest BCUT2D eigenvalue weighted by Gasteiger charge is -2.34. The van der Waals surface area contributed by atoms with Crippen LogP contribution < -0.4 is 0 Å². The predicted octanol–water partition coefficient (Wildman–Crippen LogP) is 2.14. The first kappa shape index (κ1) is 11.0. The summed E-state index contributed by atoms with van der Waals surface area (Å²) in [6, 6.07) is 0. The molecule has 0 aromatic carbocycles. The van der Waals surface area contributed by atoms with Gasteiger partial charge >= 0.3 is 0 Å². The summed E-state index contributed by atoms with van der Waals surface area (Å²) in [7, 11) is 0. The minimum atomic E-state index is 0.478. The van der Waals surface area contributed by atoms with Gasteiger partial charge in [0.1, 0.15) is 0 Å². The van der Waals surface area contributed by atoms with Gasteiger partial charge in [-0.1, -0.05) is 27.2 Å². The summed E-state index contributed by atoms with van der Waals surface area (Å²) in [4.78, 5) is 2.53. The number of hydrogen-bond acceptors (Lipinski definition) is 2. The van der Waals surface area contributed by atoms with Gasteiger partial charge in [0.15, 0.2) is 0 Å². The molecule has 1 aliphatic rings. The molecule has 0 radical (unpaired) electrons. The topological polar surface area (TPSA) is 12.5 Å². The van der Waals surface area contributed by atoms with E-state index in [1.807, 2.05) is 0 Å². The summed E-state index contributed by atoms with van der Waals surface area (Å²) in [5.74, 6) is 0. The standard InChI is InChI=1S/C11H23NO/c1-4-5-11(2,3)10-12-6-8-13-9-7-12/h4-10H2,1-3H3. The van der Waals surface area contributed by atoms with E-state index in [1.54, 1.807) is 0 Å². The molecule has 0 aromatic heterocycles. The monoisotopic (exact) mass is 185 g/mol. The molecule has 0 amide bonds. The van der Waals surface area contributed by atoms with Crippen molar-refractivity contribution in [3.63, 3.8) is 0 Å². The molecular weight excluding hydrogens is 162 g/mol. The Hall–Kier alpha value is -0.0800. The van der Waals surface area contributed by atoms with Gasteiger partial charge in [0.05, 0.1) is 13.2 Å². The summed E-state index contributed by atoms with van der Waals surface area (Å²) in [5, 5.41) is 0. The molecule has 0 unspecified atom stereocenters. The van der Waals surface area contributed by atoms with Crippen molar-refractivity contribution in [2.45, 2.75) is 33.6 Å². The zero-order valence-electron chi connectivity index (χ0n) is 9.31. The van der Waals surface area contributed by atoms with E-state index in [2.05, 4.69) is 25.7 Å². The highest BCUT2D eigenvalue weighted by molar-refractivity contribution is 4.74. The van der Waals surface area contributed by atoms with Crippen LogP contribution in [-0.2, 0) is 4.74 Å². The van der Waals surface area contributed by atoms with E-state index in [4.69, 9.17) is 4.74 Å². The fourth-order valence-corrected chi connectivity index (χ4v) is 2.12. The first-order chi connectivity index (χ1) is 6.14. The minimum absolute atomic E-state index is 0.478. The van der Waals surface area contributed by atoms with Crippen LogP contribution in [0, 0.1) is 5.41 Å². The van der Waals surface area contributed by atoms with E-state index in [9.17, 15) is 0 Å². The van der Waals surface area contributed by atoms with Crippen LogP contribution >= 0.6 is 0 Å². The van der Waals surface area contributed by atoms with E-state index in [0.717, 1.165) is 26.3 Å². The Morgan fingerprint density at radius 3 is 2.38 bits per heavy atom. The summed E-state index contributed by atoms with van der Waals surface area (Å²) in [5.41, 5.74) is 0.478. The lowest BCUT2D eigenvalue weighted by Crippen LogP contribution is -2.41. The number of nitrogens with zero attached hydrogens (tertiary/aromatic N) is 1. The molecule has 2 heteroatoms. The van der Waals surface area contributed by atoms with Gasteiger partial charge in [0.25, 0.3) is 0 Å². The molecule has 1 aliphatic heterocycles. The van der Waals surface area contributed by atoms with Crippen LogP contribution in [0.3, 0.4) is 0 Å². The van der Waals surface area contributed by atoms with E-state index >= 15 is 0 Å². The third kappa shape index (κ3) is 4.10. The highest BCUT2D eigenvalue weighted by atomic mass is 16.5. The van der Waals surface area contributed by atoms with Gasteiger partial charge < -0.3 is 4.74 Å². The van der Waals surface area contributed by atoms with E-state index in [-0.39, 0.29) is 0 Å². The Bertz CT molecular complexity index is 139. The van der Waals surface area contributed by atoms with Crippen LogP contribution in [0.4, 0.5) is 0 Å². The summed E-state index contributed by atoms with van der Waals surface area (Å²) in [6.07, 6.45) is 2.61. The molecule has 0 aromatic rings. The van der Waals surface area contributed by atoms with Gasteiger partial charge in [-0.3, -0.25) is 4.90 Å². The summed E-state index contributed by atoms with van der Waals surface area (Å²) < 4.78 is 5.33. The Kier molecular flexibility index (Phi) is 4.20. The molecule has 1 saturated heterocycles. The number of rotatable bonds is 4. The first-order valence-electron chi connectivity index (χ1n) is 5.44. The Morgan fingerprint density at radius 1 is 1.23 bits per heavy atom. The van der Waals surface area contributed by atoms with Crippen molar-refractivity contribution in [2.75, 3.05) is 32.8 Å².